The molecule has 0 bridgehead atoms. The lowest BCUT2D eigenvalue weighted by atomic mass is 9.86. The van der Waals surface area contributed by atoms with Gasteiger partial charge in [0, 0.05) is 0 Å². The van der Waals surface area contributed by atoms with Crippen LogP contribution in [0.2, 0.25) is 0 Å². The van der Waals surface area contributed by atoms with Gasteiger partial charge in [-0.25, -0.2) is 0 Å². The normalized spacial score (nSPS) is 24.6. The largest absolute Gasteiger partial charge is 0.491 e. The van der Waals surface area contributed by atoms with Crippen LogP contribution in [0.1, 0.15) is 64.9 Å². The molecule has 1 aliphatic heterocycles. The molecule has 1 heterocycles. The van der Waals surface area contributed by atoms with Crippen LogP contribution in [0.25, 0.3) is 0 Å². The summed E-state index contributed by atoms with van der Waals surface area (Å²) in [6.45, 7) is 7.38. The van der Waals surface area contributed by atoms with E-state index < -0.39 is 0 Å². The van der Waals surface area contributed by atoms with Gasteiger partial charge in [-0.2, -0.15) is 0 Å². The summed E-state index contributed by atoms with van der Waals surface area (Å²) in [5.41, 5.74) is 1.59. The zero-order chi connectivity index (χ0) is 14.9. The van der Waals surface area contributed by atoms with Crippen molar-refractivity contribution < 1.29 is 9.47 Å². The standard InChI is InChI=1S/C19H28O2/c1-18(2,3)16-8-4-5-9-17(16)20-14-15-10-13-19(21-15)11-6-7-12-19/h4-5,8-9,15H,6-7,10-14H2,1-3H3. The molecule has 1 saturated carbocycles. The van der Waals surface area contributed by atoms with Crippen LogP contribution in [0.5, 0.6) is 5.75 Å². The maximum Gasteiger partial charge on any atom is 0.123 e. The van der Waals surface area contributed by atoms with E-state index in [9.17, 15) is 0 Å². The fourth-order valence-electron chi connectivity index (χ4n) is 3.79. The molecule has 1 spiro atoms. The van der Waals surface area contributed by atoms with E-state index in [2.05, 4.69) is 45.0 Å². The molecule has 1 aromatic rings. The van der Waals surface area contributed by atoms with Crippen LogP contribution in [0.15, 0.2) is 24.3 Å². The van der Waals surface area contributed by atoms with E-state index in [1.807, 2.05) is 0 Å². The molecule has 2 aliphatic rings. The molecule has 0 amide bonds. The molecule has 0 aromatic heterocycles. The van der Waals surface area contributed by atoms with Crippen LogP contribution in [0.3, 0.4) is 0 Å². The van der Waals surface area contributed by atoms with Crippen LogP contribution in [-0.4, -0.2) is 18.3 Å². The first-order valence-electron chi connectivity index (χ1n) is 8.39. The first-order valence-corrected chi connectivity index (χ1v) is 8.39. The molecule has 21 heavy (non-hydrogen) atoms. The summed E-state index contributed by atoms with van der Waals surface area (Å²) in [6.07, 6.45) is 7.82. The molecular weight excluding hydrogens is 260 g/mol. The summed E-state index contributed by atoms with van der Waals surface area (Å²) in [5.74, 6) is 1.01. The Morgan fingerprint density at radius 3 is 2.57 bits per heavy atom. The third kappa shape index (κ3) is 3.26. The number of ether oxygens (including phenoxy) is 2. The average molecular weight is 288 g/mol. The van der Waals surface area contributed by atoms with Gasteiger partial charge in [0.1, 0.15) is 12.4 Å². The minimum absolute atomic E-state index is 0.111. The number of hydrogen-bond acceptors (Lipinski definition) is 2. The van der Waals surface area contributed by atoms with Crippen LogP contribution >= 0.6 is 0 Å². The Morgan fingerprint density at radius 1 is 1.14 bits per heavy atom. The van der Waals surface area contributed by atoms with Crippen molar-refractivity contribution in [3.8, 4) is 5.75 Å². The smallest absolute Gasteiger partial charge is 0.123 e. The molecule has 0 N–H and O–H groups in total. The Hall–Kier alpha value is -1.02. The molecule has 2 fully saturated rings. The molecule has 116 valence electrons. The van der Waals surface area contributed by atoms with E-state index >= 15 is 0 Å². The summed E-state index contributed by atoms with van der Waals surface area (Å²) in [6, 6.07) is 8.40. The molecule has 1 aromatic carbocycles. The second kappa shape index (κ2) is 5.64. The van der Waals surface area contributed by atoms with Gasteiger partial charge in [0.2, 0.25) is 0 Å². The summed E-state index contributed by atoms with van der Waals surface area (Å²) < 4.78 is 12.5. The van der Waals surface area contributed by atoms with Gasteiger partial charge in [0.25, 0.3) is 0 Å². The summed E-state index contributed by atoms with van der Waals surface area (Å²) in [4.78, 5) is 0. The Balaban J connectivity index is 1.61. The summed E-state index contributed by atoms with van der Waals surface area (Å²) >= 11 is 0. The van der Waals surface area contributed by atoms with Gasteiger partial charge in [0.15, 0.2) is 0 Å². The number of benzene rings is 1. The van der Waals surface area contributed by atoms with Gasteiger partial charge in [-0.15, -0.1) is 0 Å². The van der Waals surface area contributed by atoms with Crippen molar-refractivity contribution in [1.29, 1.82) is 0 Å². The zero-order valence-corrected chi connectivity index (χ0v) is 13.7. The first kappa shape index (κ1) is 14.9. The van der Waals surface area contributed by atoms with Crippen molar-refractivity contribution in [2.45, 2.75) is 76.4 Å². The second-order valence-electron chi connectivity index (χ2n) is 7.73. The van der Waals surface area contributed by atoms with Crippen LogP contribution in [0.4, 0.5) is 0 Å². The number of hydrogen-bond donors (Lipinski definition) is 0. The minimum Gasteiger partial charge on any atom is -0.491 e. The Labute approximate surface area is 128 Å². The lowest BCUT2D eigenvalue weighted by molar-refractivity contribution is -0.0510. The Kier molecular flexibility index (Phi) is 4.00. The van der Waals surface area contributed by atoms with Gasteiger partial charge in [-0.3, -0.25) is 0 Å². The van der Waals surface area contributed by atoms with Crippen LogP contribution in [-0.2, 0) is 10.2 Å². The highest BCUT2D eigenvalue weighted by Gasteiger charge is 2.42. The van der Waals surface area contributed by atoms with E-state index in [0.717, 1.165) is 12.2 Å². The van der Waals surface area contributed by atoms with E-state index in [4.69, 9.17) is 9.47 Å². The van der Waals surface area contributed by atoms with Crippen molar-refractivity contribution in [3.63, 3.8) is 0 Å². The van der Waals surface area contributed by atoms with Gasteiger partial charge < -0.3 is 9.47 Å². The number of rotatable bonds is 3. The average Bonchev–Trinajstić information content (AvgIpc) is 3.07. The third-order valence-corrected chi connectivity index (χ3v) is 4.97. The molecule has 2 heteroatoms. The Bertz CT molecular complexity index is 481. The van der Waals surface area contributed by atoms with Crippen molar-refractivity contribution in [2.24, 2.45) is 0 Å². The zero-order valence-electron chi connectivity index (χ0n) is 13.7. The van der Waals surface area contributed by atoms with Gasteiger partial charge in [-0.05, 0) is 42.7 Å². The van der Waals surface area contributed by atoms with Gasteiger partial charge >= 0.3 is 0 Å². The number of para-hydroxylation sites is 1. The topological polar surface area (TPSA) is 18.5 Å². The molecule has 1 aliphatic carbocycles. The van der Waals surface area contributed by atoms with Crippen molar-refractivity contribution >= 4 is 0 Å². The van der Waals surface area contributed by atoms with Crippen molar-refractivity contribution in [1.82, 2.24) is 0 Å². The predicted molar refractivity (Wildman–Crippen MR) is 85.9 cm³/mol. The maximum atomic E-state index is 6.33. The van der Waals surface area contributed by atoms with Crippen LogP contribution < -0.4 is 4.74 Å². The van der Waals surface area contributed by atoms with E-state index in [0.29, 0.717) is 6.61 Å². The lowest BCUT2D eigenvalue weighted by Gasteiger charge is -2.25. The fraction of sp³-hybridized carbons (Fsp3) is 0.684. The maximum absolute atomic E-state index is 6.33. The molecule has 2 nitrogen and oxygen atoms in total. The SMILES string of the molecule is CC(C)(C)c1ccccc1OCC1CCC2(CCCC2)O1. The minimum atomic E-state index is 0.111. The monoisotopic (exact) mass is 288 g/mol. The second-order valence-corrected chi connectivity index (χ2v) is 7.73. The molecule has 1 atom stereocenters. The molecule has 1 unspecified atom stereocenters. The van der Waals surface area contributed by atoms with E-state index in [1.54, 1.807) is 0 Å². The first-order chi connectivity index (χ1) is 9.99. The lowest BCUT2D eigenvalue weighted by Crippen LogP contribution is -2.27. The quantitative estimate of drug-likeness (QED) is 0.791. The predicted octanol–water partition coefficient (Wildman–Crippen LogP) is 4.85. The van der Waals surface area contributed by atoms with E-state index in [1.165, 1.54) is 37.7 Å². The molecule has 3 rings (SSSR count). The van der Waals surface area contributed by atoms with Crippen molar-refractivity contribution in [2.75, 3.05) is 6.61 Å². The van der Waals surface area contributed by atoms with E-state index in [-0.39, 0.29) is 17.1 Å². The molecular formula is C19H28O2. The fourth-order valence-corrected chi connectivity index (χ4v) is 3.79. The summed E-state index contributed by atoms with van der Waals surface area (Å²) in [5, 5.41) is 0. The molecule has 0 radical (unpaired) electrons. The van der Waals surface area contributed by atoms with Crippen molar-refractivity contribution in [3.05, 3.63) is 29.8 Å². The van der Waals surface area contributed by atoms with Gasteiger partial charge in [-0.1, -0.05) is 51.8 Å². The third-order valence-electron chi connectivity index (χ3n) is 4.97. The highest BCUT2D eigenvalue weighted by Crippen LogP contribution is 2.43. The van der Waals surface area contributed by atoms with Crippen LogP contribution in [0, 0.1) is 0 Å². The Morgan fingerprint density at radius 2 is 1.86 bits per heavy atom. The highest BCUT2D eigenvalue weighted by atomic mass is 16.6. The summed E-state index contributed by atoms with van der Waals surface area (Å²) in [7, 11) is 0. The van der Waals surface area contributed by atoms with Gasteiger partial charge in [0.05, 0.1) is 11.7 Å². The molecule has 1 saturated heterocycles. The highest BCUT2D eigenvalue weighted by molar-refractivity contribution is 5.38.